The summed E-state index contributed by atoms with van der Waals surface area (Å²) in [5, 5.41) is 3.18. The van der Waals surface area contributed by atoms with Gasteiger partial charge in [-0.15, -0.1) is 0 Å². The summed E-state index contributed by atoms with van der Waals surface area (Å²) in [5.74, 6) is 0. The number of carbonyl (C=O) groups is 2. The van der Waals surface area contributed by atoms with Crippen LogP contribution < -0.4 is 5.32 Å². The molecule has 0 bridgehead atoms. The number of nitrogens with zero attached hydrogens (tertiary/aromatic N) is 1. The van der Waals surface area contributed by atoms with E-state index in [1.54, 1.807) is 29.2 Å². The molecule has 7 heteroatoms. The van der Waals surface area contributed by atoms with Gasteiger partial charge in [0.1, 0.15) is 11.7 Å². The number of hydrogen-bond donors (Lipinski definition) is 1. The van der Waals surface area contributed by atoms with E-state index in [1.807, 2.05) is 20.8 Å². The summed E-state index contributed by atoms with van der Waals surface area (Å²) < 4.78 is 10.7. The molecule has 1 fully saturated rings. The first-order valence-corrected chi connectivity index (χ1v) is 8.32. The number of piperidine rings is 1. The topological polar surface area (TPSA) is 67.9 Å². The highest BCUT2D eigenvalue weighted by Gasteiger charge is 2.28. The van der Waals surface area contributed by atoms with Crippen molar-refractivity contribution >= 4 is 29.5 Å². The largest absolute Gasteiger partial charge is 0.446 e. The van der Waals surface area contributed by atoms with Crippen LogP contribution in [0.25, 0.3) is 0 Å². The Morgan fingerprint density at radius 3 is 2.50 bits per heavy atom. The van der Waals surface area contributed by atoms with Gasteiger partial charge in [-0.2, -0.15) is 0 Å². The minimum atomic E-state index is -0.520. The number of halogens is 1. The maximum absolute atomic E-state index is 12.0. The Bertz CT molecular complexity index is 592. The van der Waals surface area contributed by atoms with Gasteiger partial charge in [-0.05, 0) is 39.0 Å². The fraction of sp³-hybridized carbons (Fsp3) is 0.529. The van der Waals surface area contributed by atoms with Gasteiger partial charge in [-0.3, -0.25) is 5.32 Å². The van der Waals surface area contributed by atoms with Crippen molar-refractivity contribution in [2.45, 2.75) is 45.3 Å². The number of carbonyl (C=O) groups excluding carboxylic acids is 2. The van der Waals surface area contributed by atoms with Crippen molar-refractivity contribution in [3.05, 3.63) is 29.3 Å². The molecule has 132 valence electrons. The van der Waals surface area contributed by atoms with Crippen LogP contribution in [0.4, 0.5) is 15.3 Å². The highest BCUT2D eigenvalue weighted by molar-refractivity contribution is 6.30. The van der Waals surface area contributed by atoms with Gasteiger partial charge >= 0.3 is 12.2 Å². The lowest BCUT2D eigenvalue weighted by Crippen LogP contribution is -2.44. The number of ether oxygens (including phenoxy) is 2. The Labute approximate surface area is 147 Å². The molecule has 1 aromatic rings. The molecule has 0 aromatic heterocycles. The second-order valence-corrected chi connectivity index (χ2v) is 7.14. The molecule has 1 heterocycles. The van der Waals surface area contributed by atoms with E-state index in [1.165, 1.54) is 0 Å². The number of nitrogens with one attached hydrogen (secondary N) is 1. The Kier molecular flexibility index (Phi) is 5.94. The van der Waals surface area contributed by atoms with Crippen LogP contribution in [0.2, 0.25) is 5.02 Å². The first-order chi connectivity index (χ1) is 11.2. The molecule has 1 saturated heterocycles. The predicted octanol–water partition coefficient (Wildman–Crippen LogP) is 4.29. The van der Waals surface area contributed by atoms with Crippen molar-refractivity contribution in [1.82, 2.24) is 4.90 Å². The number of benzene rings is 1. The summed E-state index contributed by atoms with van der Waals surface area (Å²) in [6.45, 7) is 6.51. The van der Waals surface area contributed by atoms with Gasteiger partial charge in [0.05, 0.1) is 0 Å². The first kappa shape index (κ1) is 18.4. The predicted molar refractivity (Wildman–Crippen MR) is 92.4 cm³/mol. The normalized spacial score (nSPS) is 15.8. The summed E-state index contributed by atoms with van der Waals surface area (Å²) >= 11 is 5.87. The second kappa shape index (κ2) is 7.75. The standard InChI is InChI=1S/C17H23ClN2O4/c1-17(2,3)24-16(22)20-9-7-14(8-10-20)23-15(21)19-13-6-4-5-12(18)11-13/h4-6,11,14H,7-10H2,1-3H3,(H,19,21). The maximum Gasteiger partial charge on any atom is 0.411 e. The minimum Gasteiger partial charge on any atom is -0.446 e. The minimum absolute atomic E-state index is 0.220. The van der Waals surface area contributed by atoms with Crippen LogP contribution in [-0.4, -0.2) is 41.9 Å². The van der Waals surface area contributed by atoms with E-state index in [4.69, 9.17) is 21.1 Å². The number of hydrogen-bond acceptors (Lipinski definition) is 4. The lowest BCUT2D eigenvalue weighted by atomic mass is 10.1. The number of amides is 2. The van der Waals surface area contributed by atoms with Gasteiger partial charge < -0.3 is 14.4 Å². The van der Waals surface area contributed by atoms with Crippen LogP contribution in [0.5, 0.6) is 0 Å². The lowest BCUT2D eigenvalue weighted by Gasteiger charge is -2.33. The smallest absolute Gasteiger partial charge is 0.411 e. The monoisotopic (exact) mass is 354 g/mol. The van der Waals surface area contributed by atoms with E-state index in [9.17, 15) is 9.59 Å². The van der Waals surface area contributed by atoms with Gasteiger partial charge in [0.2, 0.25) is 0 Å². The number of likely N-dealkylation sites (tertiary alicyclic amines) is 1. The Balaban J connectivity index is 1.76. The number of anilines is 1. The number of rotatable bonds is 2. The van der Waals surface area contributed by atoms with Crippen molar-refractivity contribution in [1.29, 1.82) is 0 Å². The average molecular weight is 355 g/mol. The zero-order valence-electron chi connectivity index (χ0n) is 14.2. The molecular formula is C17H23ClN2O4. The fourth-order valence-electron chi connectivity index (χ4n) is 2.35. The quantitative estimate of drug-likeness (QED) is 0.860. The lowest BCUT2D eigenvalue weighted by molar-refractivity contribution is 0.00794. The van der Waals surface area contributed by atoms with Crippen LogP contribution in [0.15, 0.2) is 24.3 Å². The molecule has 1 aromatic carbocycles. The summed E-state index contributed by atoms with van der Waals surface area (Å²) in [6.07, 6.45) is 0.102. The molecule has 0 unspecified atom stereocenters. The van der Waals surface area contributed by atoms with E-state index >= 15 is 0 Å². The molecule has 0 aliphatic carbocycles. The van der Waals surface area contributed by atoms with Gasteiger partial charge in [0, 0.05) is 36.6 Å². The highest BCUT2D eigenvalue weighted by atomic mass is 35.5. The van der Waals surface area contributed by atoms with Crippen molar-refractivity contribution < 1.29 is 19.1 Å². The summed E-state index contributed by atoms with van der Waals surface area (Å²) in [5.41, 5.74) is 0.0695. The summed E-state index contributed by atoms with van der Waals surface area (Å²) in [7, 11) is 0. The fourth-order valence-corrected chi connectivity index (χ4v) is 2.54. The van der Waals surface area contributed by atoms with Gasteiger partial charge in [0.15, 0.2) is 0 Å². The first-order valence-electron chi connectivity index (χ1n) is 7.94. The summed E-state index contributed by atoms with van der Waals surface area (Å²) in [4.78, 5) is 25.5. The van der Waals surface area contributed by atoms with Crippen molar-refractivity contribution in [3.8, 4) is 0 Å². The SMILES string of the molecule is CC(C)(C)OC(=O)N1CCC(OC(=O)Nc2cccc(Cl)c2)CC1. The third-order valence-corrected chi connectivity index (χ3v) is 3.67. The molecule has 6 nitrogen and oxygen atoms in total. The van der Waals surface area contributed by atoms with Crippen LogP contribution in [0.3, 0.4) is 0 Å². The summed E-state index contributed by atoms with van der Waals surface area (Å²) in [6, 6.07) is 6.86. The van der Waals surface area contributed by atoms with Gasteiger partial charge in [0.25, 0.3) is 0 Å². The molecular weight excluding hydrogens is 332 g/mol. The van der Waals surface area contributed by atoms with E-state index < -0.39 is 11.7 Å². The third-order valence-electron chi connectivity index (χ3n) is 3.44. The van der Waals surface area contributed by atoms with Crippen LogP contribution in [0, 0.1) is 0 Å². The van der Waals surface area contributed by atoms with Gasteiger partial charge in [-0.25, -0.2) is 9.59 Å². The molecule has 0 spiro atoms. The molecule has 1 aliphatic heterocycles. The Morgan fingerprint density at radius 2 is 1.92 bits per heavy atom. The third kappa shape index (κ3) is 5.92. The molecule has 2 amide bonds. The van der Waals surface area contributed by atoms with Crippen LogP contribution >= 0.6 is 11.6 Å². The Morgan fingerprint density at radius 1 is 1.25 bits per heavy atom. The zero-order valence-corrected chi connectivity index (χ0v) is 14.9. The zero-order chi connectivity index (χ0) is 17.7. The average Bonchev–Trinajstić information content (AvgIpc) is 2.46. The molecule has 1 N–H and O–H groups in total. The van der Waals surface area contributed by atoms with Crippen LogP contribution in [-0.2, 0) is 9.47 Å². The van der Waals surface area contributed by atoms with E-state index in [0.29, 0.717) is 36.6 Å². The van der Waals surface area contributed by atoms with E-state index in [2.05, 4.69) is 5.32 Å². The highest BCUT2D eigenvalue weighted by Crippen LogP contribution is 2.19. The molecule has 2 rings (SSSR count). The molecule has 0 atom stereocenters. The van der Waals surface area contributed by atoms with E-state index in [-0.39, 0.29) is 12.2 Å². The maximum atomic E-state index is 12.0. The van der Waals surface area contributed by atoms with Crippen molar-refractivity contribution in [2.24, 2.45) is 0 Å². The van der Waals surface area contributed by atoms with Crippen LogP contribution in [0.1, 0.15) is 33.6 Å². The second-order valence-electron chi connectivity index (χ2n) is 6.71. The molecule has 0 saturated carbocycles. The Hall–Kier alpha value is -1.95. The molecule has 24 heavy (non-hydrogen) atoms. The molecule has 0 radical (unpaired) electrons. The van der Waals surface area contributed by atoms with Crippen molar-refractivity contribution in [2.75, 3.05) is 18.4 Å². The molecule has 1 aliphatic rings. The van der Waals surface area contributed by atoms with E-state index in [0.717, 1.165) is 0 Å². The van der Waals surface area contributed by atoms with Gasteiger partial charge in [-0.1, -0.05) is 17.7 Å². The van der Waals surface area contributed by atoms with Crippen molar-refractivity contribution in [3.63, 3.8) is 0 Å².